The Morgan fingerprint density at radius 2 is 1.72 bits per heavy atom. The van der Waals surface area contributed by atoms with Crippen molar-refractivity contribution in [2.45, 2.75) is 20.8 Å². The molecule has 2 aromatic carbocycles. The number of amides is 2. The topological polar surface area (TPSA) is 89.4 Å². The van der Waals surface area contributed by atoms with E-state index in [0.717, 1.165) is 27.1 Å². The van der Waals surface area contributed by atoms with Gasteiger partial charge < -0.3 is 19.9 Å². The van der Waals surface area contributed by atoms with Crippen molar-refractivity contribution in [1.82, 2.24) is 9.88 Å². The predicted octanol–water partition coefficient (Wildman–Crippen LogP) is 4.08. The van der Waals surface area contributed by atoms with Crippen LogP contribution in [0.2, 0.25) is 0 Å². The summed E-state index contributed by atoms with van der Waals surface area (Å²) in [6.07, 6.45) is 0. The Morgan fingerprint density at radius 3 is 2.44 bits per heavy atom. The molecule has 3 rings (SSSR count). The highest BCUT2D eigenvalue weighted by Gasteiger charge is 2.19. The SMILES string of the molecule is Cc1cccc(-n2c(C)cc(C(=O)OCC(=O)NCC(=O)Nc3ccccc3Br)c2C)c1. The van der Waals surface area contributed by atoms with Gasteiger partial charge in [0.2, 0.25) is 5.91 Å². The number of hydrogen-bond acceptors (Lipinski definition) is 4. The first-order valence-electron chi connectivity index (χ1n) is 10.0. The smallest absolute Gasteiger partial charge is 0.340 e. The van der Waals surface area contributed by atoms with Crippen LogP contribution in [0.3, 0.4) is 0 Å². The molecule has 0 unspecified atom stereocenters. The quantitative estimate of drug-likeness (QED) is 0.481. The lowest BCUT2D eigenvalue weighted by atomic mass is 10.2. The van der Waals surface area contributed by atoms with E-state index >= 15 is 0 Å². The monoisotopic (exact) mass is 497 g/mol. The van der Waals surface area contributed by atoms with Crippen molar-refractivity contribution < 1.29 is 19.1 Å². The molecule has 32 heavy (non-hydrogen) atoms. The Balaban J connectivity index is 1.54. The molecule has 2 amide bonds. The fourth-order valence-electron chi connectivity index (χ4n) is 3.33. The lowest BCUT2D eigenvalue weighted by molar-refractivity contribution is -0.126. The van der Waals surface area contributed by atoms with Crippen molar-refractivity contribution in [2.24, 2.45) is 0 Å². The molecule has 0 fully saturated rings. The van der Waals surface area contributed by atoms with E-state index in [2.05, 4.69) is 26.6 Å². The predicted molar refractivity (Wildman–Crippen MR) is 126 cm³/mol. The second kappa shape index (κ2) is 10.3. The minimum absolute atomic E-state index is 0.237. The van der Waals surface area contributed by atoms with Crippen LogP contribution < -0.4 is 10.6 Å². The van der Waals surface area contributed by atoms with Gasteiger partial charge in [-0.3, -0.25) is 9.59 Å². The minimum atomic E-state index is -0.593. The molecule has 0 saturated carbocycles. The number of anilines is 1. The van der Waals surface area contributed by atoms with Crippen LogP contribution in [0.25, 0.3) is 5.69 Å². The van der Waals surface area contributed by atoms with Crippen molar-refractivity contribution >= 4 is 39.4 Å². The molecule has 0 radical (unpaired) electrons. The van der Waals surface area contributed by atoms with Crippen LogP contribution in [0.1, 0.15) is 27.3 Å². The van der Waals surface area contributed by atoms with Gasteiger partial charge >= 0.3 is 5.97 Å². The van der Waals surface area contributed by atoms with Gasteiger partial charge in [0, 0.05) is 21.5 Å². The number of carbonyl (C=O) groups is 3. The maximum Gasteiger partial charge on any atom is 0.340 e. The zero-order chi connectivity index (χ0) is 23.3. The second-order valence-corrected chi connectivity index (χ2v) is 8.19. The van der Waals surface area contributed by atoms with Crippen molar-refractivity contribution in [3.63, 3.8) is 0 Å². The van der Waals surface area contributed by atoms with E-state index in [1.807, 2.05) is 55.7 Å². The molecule has 0 saturated heterocycles. The Labute approximate surface area is 194 Å². The molecule has 0 aliphatic heterocycles. The van der Waals surface area contributed by atoms with Gasteiger partial charge in [-0.15, -0.1) is 0 Å². The number of aryl methyl sites for hydroxylation is 2. The molecule has 166 valence electrons. The van der Waals surface area contributed by atoms with Crippen molar-refractivity contribution in [3.05, 3.63) is 81.6 Å². The number of nitrogens with zero attached hydrogens (tertiary/aromatic N) is 1. The van der Waals surface area contributed by atoms with Gasteiger partial charge in [0.25, 0.3) is 5.91 Å². The van der Waals surface area contributed by atoms with Crippen LogP contribution in [0.5, 0.6) is 0 Å². The standard InChI is InChI=1S/C24H24BrN3O4/c1-15-7-6-8-18(11-15)28-16(2)12-19(17(28)3)24(31)32-14-23(30)26-13-22(29)27-21-10-5-4-9-20(21)25/h4-12H,13-14H2,1-3H3,(H,26,30)(H,27,29). The summed E-state index contributed by atoms with van der Waals surface area (Å²) >= 11 is 3.34. The van der Waals surface area contributed by atoms with Crippen molar-refractivity contribution in [1.29, 1.82) is 0 Å². The summed E-state index contributed by atoms with van der Waals surface area (Å²) in [5.74, 6) is -1.55. The van der Waals surface area contributed by atoms with Crippen LogP contribution in [0.15, 0.2) is 59.1 Å². The molecule has 1 heterocycles. The average molecular weight is 498 g/mol. The van der Waals surface area contributed by atoms with E-state index < -0.39 is 24.4 Å². The van der Waals surface area contributed by atoms with E-state index in [1.165, 1.54) is 0 Å². The van der Waals surface area contributed by atoms with Crippen LogP contribution in [-0.2, 0) is 14.3 Å². The molecule has 1 aromatic heterocycles. The normalized spacial score (nSPS) is 10.5. The number of para-hydroxylation sites is 1. The van der Waals surface area contributed by atoms with E-state index in [1.54, 1.807) is 24.3 Å². The summed E-state index contributed by atoms with van der Waals surface area (Å²) in [5, 5.41) is 5.12. The average Bonchev–Trinajstić information content (AvgIpc) is 3.06. The summed E-state index contributed by atoms with van der Waals surface area (Å²) < 4.78 is 7.87. The van der Waals surface area contributed by atoms with Gasteiger partial charge in [-0.2, -0.15) is 0 Å². The first-order valence-corrected chi connectivity index (χ1v) is 10.8. The maximum atomic E-state index is 12.6. The highest BCUT2D eigenvalue weighted by molar-refractivity contribution is 9.10. The second-order valence-electron chi connectivity index (χ2n) is 7.34. The number of rotatable bonds is 7. The number of esters is 1. The first-order chi connectivity index (χ1) is 15.3. The van der Waals surface area contributed by atoms with E-state index in [-0.39, 0.29) is 6.54 Å². The Hall–Kier alpha value is -3.39. The largest absolute Gasteiger partial charge is 0.452 e. The molecule has 2 N–H and O–H groups in total. The van der Waals surface area contributed by atoms with Gasteiger partial charge in [-0.05, 0) is 72.6 Å². The fourth-order valence-corrected chi connectivity index (χ4v) is 3.71. The summed E-state index contributed by atoms with van der Waals surface area (Å²) in [6.45, 7) is 5.03. The lowest BCUT2D eigenvalue weighted by Crippen LogP contribution is -2.35. The zero-order valence-electron chi connectivity index (χ0n) is 18.1. The van der Waals surface area contributed by atoms with Crippen molar-refractivity contribution in [3.8, 4) is 5.69 Å². The Kier molecular flexibility index (Phi) is 7.48. The first kappa shape index (κ1) is 23.3. The summed E-state index contributed by atoms with van der Waals surface area (Å²) in [4.78, 5) is 36.6. The highest BCUT2D eigenvalue weighted by atomic mass is 79.9. The third-order valence-corrected chi connectivity index (χ3v) is 5.53. The molecule has 0 atom stereocenters. The number of ether oxygens (including phenoxy) is 1. The van der Waals surface area contributed by atoms with Crippen LogP contribution in [-0.4, -0.2) is 35.5 Å². The summed E-state index contributed by atoms with van der Waals surface area (Å²) in [6, 6.07) is 16.8. The van der Waals surface area contributed by atoms with Gasteiger partial charge in [0.15, 0.2) is 6.61 Å². The molecular formula is C24H24BrN3O4. The number of hydrogen-bond donors (Lipinski definition) is 2. The van der Waals surface area contributed by atoms with Gasteiger partial charge in [0.1, 0.15) is 0 Å². The van der Waals surface area contributed by atoms with Gasteiger partial charge in [-0.1, -0.05) is 24.3 Å². The lowest BCUT2D eigenvalue weighted by Gasteiger charge is -2.11. The third-order valence-electron chi connectivity index (χ3n) is 4.84. The Bertz CT molecular complexity index is 1170. The number of aromatic nitrogens is 1. The maximum absolute atomic E-state index is 12.6. The molecule has 3 aromatic rings. The Morgan fingerprint density at radius 1 is 0.969 bits per heavy atom. The number of carbonyl (C=O) groups excluding carboxylic acids is 3. The van der Waals surface area contributed by atoms with E-state index in [4.69, 9.17) is 4.74 Å². The van der Waals surface area contributed by atoms with E-state index in [9.17, 15) is 14.4 Å². The zero-order valence-corrected chi connectivity index (χ0v) is 19.7. The fraction of sp³-hybridized carbons (Fsp3) is 0.208. The van der Waals surface area contributed by atoms with Crippen LogP contribution >= 0.6 is 15.9 Å². The van der Waals surface area contributed by atoms with E-state index in [0.29, 0.717) is 11.3 Å². The molecule has 0 spiro atoms. The molecule has 0 aliphatic rings. The number of nitrogens with one attached hydrogen (secondary N) is 2. The molecular weight excluding hydrogens is 474 g/mol. The molecule has 0 bridgehead atoms. The van der Waals surface area contributed by atoms with Gasteiger partial charge in [0.05, 0.1) is 17.8 Å². The summed E-state index contributed by atoms with van der Waals surface area (Å²) in [5.41, 5.74) is 4.66. The number of halogens is 1. The molecule has 8 heteroatoms. The third kappa shape index (κ3) is 5.64. The van der Waals surface area contributed by atoms with Crippen molar-refractivity contribution in [2.75, 3.05) is 18.5 Å². The number of benzene rings is 2. The van der Waals surface area contributed by atoms with Crippen LogP contribution in [0, 0.1) is 20.8 Å². The summed E-state index contributed by atoms with van der Waals surface area (Å²) in [7, 11) is 0. The molecule has 7 nitrogen and oxygen atoms in total. The highest BCUT2D eigenvalue weighted by Crippen LogP contribution is 2.22. The molecule has 0 aliphatic carbocycles. The van der Waals surface area contributed by atoms with Crippen LogP contribution in [0.4, 0.5) is 5.69 Å². The van der Waals surface area contributed by atoms with Gasteiger partial charge in [-0.25, -0.2) is 4.79 Å². The minimum Gasteiger partial charge on any atom is -0.452 e.